The summed E-state index contributed by atoms with van der Waals surface area (Å²) in [5.41, 5.74) is 0. The summed E-state index contributed by atoms with van der Waals surface area (Å²) in [7, 11) is -3.04. The van der Waals surface area contributed by atoms with E-state index < -0.39 is 10.0 Å². The van der Waals surface area contributed by atoms with Crippen LogP contribution in [-0.4, -0.2) is 44.3 Å². The van der Waals surface area contributed by atoms with Crippen LogP contribution >= 0.6 is 0 Å². The third-order valence-corrected chi connectivity index (χ3v) is 3.09. The van der Waals surface area contributed by atoms with Gasteiger partial charge < -0.3 is 4.74 Å². The normalized spacial score (nSPS) is 33.6. The molecule has 1 rings (SSSR count). The van der Waals surface area contributed by atoms with E-state index in [1.807, 2.05) is 13.8 Å². The molecule has 0 aromatic carbocycles. The molecule has 1 saturated heterocycles. The van der Waals surface area contributed by atoms with Crippen molar-refractivity contribution in [1.82, 2.24) is 4.31 Å². The van der Waals surface area contributed by atoms with Crippen molar-refractivity contribution in [3.63, 3.8) is 0 Å². The van der Waals surface area contributed by atoms with Crippen molar-refractivity contribution >= 4 is 10.0 Å². The highest BCUT2D eigenvalue weighted by Crippen LogP contribution is 2.12. The smallest absolute Gasteiger partial charge is 0.211 e. The first-order valence-electron chi connectivity index (χ1n) is 4.00. The van der Waals surface area contributed by atoms with Crippen LogP contribution in [0.1, 0.15) is 13.8 Å². The van der Waals surface area contributed by atoms with E-state index in [0.29, 0.717) is 13.1 Å². The van der Waals surface area contributed by atoms with E-state index in [2.05, 4.69) is 0 Å². The van der Waals surface area contributed by atoms with E-state index in [9.17, 15) is 8.42 Å². The molecular formula is C7H15NO3S. The highest BCUT2D eigenvalue weighted by atomic mass is 32.2. The van der Waals surface area contributed by atoms with E-state index in [-0.39, 0.29) is 12.2 Å². The van der Waals surface area contributed by atoms with Gasteiger partial charge in [0.25, 0.3) is 0 Å². The number of ether oxygens (including phenoxy) is 1. The number of sulfonamides is 1. The van der Waals surface area contributed by atoms with E-state index >= 15 is 0 Å². The summed E-state index contributed by atoms with van der Waals surface area (Å²) in [6.07, 6.45) is 1.24. The largest absolute Gasteiger partial charge is 0.373 e. The minimum Gasteiger partial charge on any atom is -0.373 e. The average Bonchev–Trinajstić information content (AvgIpc) is 1.82. The Labute approximate surface area is 73.6 Å². The Morgan fingerprint density at radius 2 is 1.67 bits per heavy atom. The highest BCUT2D eigenvalue weighted by Gasteiger charge is 2.27. The fraction of sp³-hybridized carbons (Fsp3) is 1.00. The van der Waals surface area contributed by atoms with Gasteiger partial charge in [-0.25, -0.2) is 8.42 Å². The Morgan fingerprint density at radius 1 is 1.25 bits per heavy atom. The van der Waals surface area contributed by atoms with Gasteiger partial charge in [-0.3, -0.25) is 0 Å². The molecule has 2 unspecified atom stereocenters. The summed E-state index contributed by atoms with van der Waals surface area (Å²) in [6, 6.07) is 0. The van der Waals surface area contributed by atoms with Crippen molar-refractivity contribution in [2.45, 2.75) is 26.1 Å². The molecule has 0 radical (unpaired) electrons. The van der Waals surface area contributed by atoms with Crippen LogP contribution in [0, 0.1) is 0 Å². The lowest BCUT2D eigenvalue weighted by atomic mass is 10.3. The second-order valence-electron chi connectivity index (χ2n) is 3.34. The van der Waals surface area contributed by atoms with Gasteiger partial charge in [0.05, 0.1) is 18.5 Å². The van der Waals surface area contributed by atoms with Gasteiger partial charge >= 0.3 is 0 Å². The first-order valence-corrected chi connectivity index (χ1v) is 5.85. The van der Waals surface area contributed by atoms with Gasteiger partial charge in [-0.2, -0.15) is 4.31 Å². The molecule has 1 aliphatic rings. The lowest BCUT2D eigenvalue weighted by Crippen LogP contribution is -2.47. The van der Waals surface area contributed by atoms with Gasteiger partial charge in [0.1, 0.15) is 0 Å². The molecule has 0 amide bonds. The van der Waals surface area contributed by atoms with Crippen molar-refractivity contribution in [3.05, 3.63) is 0 Å². The van der Waals surface area contributed by atoms with Crippen LogP contribution in [0.25, 0.3) is 0 Å². The molecule has 0 aromatic rings. The van der Waals surface area contributed by atoms with Crippen LogP contribution < -0.4 is 0 Å². The number of rotatable bonds is 1. The maximum atomic E-state index is 11.1. The maximum Gasteiger partial charge on any atom is 0.211 e. The third kappa shape index (κ3) is 2.43. The monoisotopic (exact) mass is 193 g/mol. The van der Waals surface area contributed by atoms with Gasteiger partial charge in [0.15, 0.2) is 0 Å². The van der Waals surface area contributed by atoms with E-state index in [1.54, 1.807) is 0 Å². The van der Waals surface area contributed by atoms with Crippen LogP contribution in [0.2, 0.25) is 0 Å². The second-order valence-corrected chi connectivity index (χ2v) is 5.32. The van der Waals surface area contributed by atoms with Gasteiger partial charge in [0.2, 0.25) is 10.0 Å². The molecule has 0 spiro atoms. The Hall–Kier alpha value is -0.130. The molecule has 1 fully saturated rings. The molecule has 0 aromatic heterocycles. The Kier molecular flexibility index (Phi) is 2.75. The van der Waals surface area contributed by atoms with Gasteiger partial charge in [0, 0.05) is 13.1 Å². The first kappa shape index (κ1) is 9.95. The summed E-state index contributed by atoms with van der Waals surface area (Å²) in [5.74, 6) is 0. The van der Waals surface area contributed by atoms with Gasteiger partial charge in [-0.15, -0.1) is 0 Å². The molecule has 0 saturated carbocycles. The molecule has 1 heterocycles. The molecule has 0 N–H and O–H groups in total. The lowest BCUT2D eigenvalue weighted by Gasteiger charge is -2.33. The molecular weight excluding hydrogens is 178 g/mol. The van der Waals surface area contributed by atoms with Crippen LogP contribution in [0.4, 0.5) is 0 Å². The van der Waals surface area contributed by atoms with E-state index in [4.69, 9.17) is 4.74 Å². The minimum absolute atomic E-state index is 0.00322. The quantitative estimate of drug-likeness (QED) is 0.591. The summed E-state index contributed by atoms with van der Waals surface area (Å²) >= 11 is 0. The molecule has 4 nitrogen and oxygen atoms in total. The highest BCUT2D eigenvalue weighted by molar-refractivity contribution is 7.88. The molecule has 12 heavy (non-hydrogen) atoms. The fourth-order valence-electron chi connectivity index (χ4n) is 1.40. The second kappa shape index (κ2) is 3.32. The third-order valence-electron chi connectivity index (χ3n) is 1.86. The number of hydrogen-bond donors (Lipinski definition) is 0. The van der Waals surface area contributed by atoms with Crippen molar-refractivity contribution in [2.75, 3.05) is 19.3 Å². The van der Waals surface area contributed by atoms with Crippen molar-refractivity contribution in [1.29, 1.82) is 0 Å². The number of nitrogens with zero attached hydrogens (tertiary/aromatic N) is 1. The lowest BCUT2D eigenvalue weighted by molar-refractivity contribution is -0.0439. The molecule has 5 heteroatoms. The van der Waals surface area contributed by atoms with Gasteiger partial charge in [-0.1, -0.05) is 0 Å². The average molecular weight is 193 g/mol. The number of morpholine rings is 1. The van der Waals surface area contributed by atoms with Crippen molar-refractivity contribution in [2.24, 2.45) is 0 Å². The molecule has 72 valence electrons. The van der Waals surface area contributed by atoms with E-state index in [0.717, 1.165) is 0 Å². The van der Waals surface area contributed by atoms with Crippen LogP contribution in [0.3, 0.4) is 0 Å². The Balaban J connectivity index is 2.68. The number of hydrogen-bond acceptors (Lipinski definition) is 3. The summed E-state index contributed by atoms with van der Waals surface area (Å²) in [6.45, 7) is 4.72. The SMILES string of the molecule is CC1CN(S(C)(=O)=O)CC(C)O1. The van der Waals surface area contributed by atoms with Gasteiger partial charge in [-0.05, 0) is 13.8 Å². The van der Waals surface area contributed by atoms with Crippen LogP contribution in [0.5, 0.6) is 0 Å². The maximum absolute atomic E-state index is 11.1. The fourth-order valence-corrected chi connectivity index (χ4v) is 2.36. The molecule has 2 atom stereocenters. The first-order chi connectivity index (χ1) is 5.39. The van der Waals surface area contributed by atoms with Crippen molar-refractivity contribution < 1.29 is 13.2 Å². The van der Waals surface area contributed by atoms with Crippen LogP contribution in [0.15, 0.2) is 0 Å². The molecule has 1 aliphatic heterocycles. The summed E-state index contributed by atoms with van der Waals surface area (Å²) in [4.78, 5) is 0. The standard InChI is InChI=1S/C7H15NO3S/c1-6-4-8(12(3,9)10)5-7(2)11-6/h6-7H,4-5H2,1-3H3. The minimum atomic E-state index is -3.04. The zero-order valence-electron chi connectivity index (χ0n) is 7.65. The zero-order valence-corrected chi connectivity index (χ0v) is 8.47. The zero-order chi connectivity index (χ0) is 9.35. The summed E-state index contributed by atoms with van der Waals surface area (Å²) in [5, 5.41) is 0. The Bertz CT molecular complexity index is 239. The molecule has 0 bridgehead atoms. The Morgan fingerprint density at radius 3 is 2.00 bits per heavy atom. The topological polar surface area (TPSA) is 46.6 Å². The van der Waals surface area contributed by atoms with Crippen molar-refractivity contribution in [3.8, 4) is 0 Å². The van der Waals surface area contributed by atoms with Crippen LogP contribution in [-0.2, 0) is 14.8 Å². The predicted molar refractivity (Wildman–Crippen MR) is 46.4 cm³/mol. The predicted octanol–water partition coefficient (Wildman–Crippen LogP) is 0.0552. The molecule has 0 aliphatic carbocycles. The summed E-state index contributed by atoms with van der Waals surface area (Å²) < 4.78 is 29.2. The van der Waals surface area contributed by atoms with E-state index in [1.165, 1.54) is 10.6 Å².